The number of hydrogen-bond acceptors (Lipinski definition) is 4. The van der Waals surface area contributed by atoms with Crippen molar-refractivity contribution in [1.29, 1.82) is 0 Å². The number of nitro benzene ring substituents is 1. The molecule has 0 saturated carbocycles. The number of nitrogens with two attached hydrogens (primary N) is 1. The summed E-state index contributed by atoms with van der Waals surface area (Å²) in [7, 11) is 0. The number of aromatic nitrogens is 2. The molecule has 88 valence electrons. The Labute approximate surface area is 93.2 Å². The van der Waals surface area contributed by atoms with Crippen LogP contribution in [0.4, 0.5) is 20.4 Å². The van der Waals surface area contributed by atoms with Crippen molar-refractivity contribution in [3.8, 4) is 11.3 Å². The van der Waals surface area contributed by atoms with Crippen LogP contribution in [0.15, 0.2) is 18.3 Å². The number of nitrogen functional groups attached to an aromatic ring is 1. The van der Waals surface area contributed by atoms with Crippen LogP contribution in [-0.4, -0.2) is 14.9 Å². The van der Waals surface area contributed by atoms with E-state index in [0.717, 1.165) is 6.07 Å². The lowest BCUT2D eigenvalue weighted by Gasteiger charge is -2.01. The fraction of sp³-hybridized carbons (Fsp3) is 0. The van der Waals surface area contributed by atoms with E-state index in [0.29, 0.717) is 6.07 Å². The van der Waals surface area contributed by atoms with E-state index in [1.54, 1.807) is 0 Å². The van der Waals surface area contributed by atoms with Crippen molar-refractivity contribution < 1.29 is 13.7 Å². The van der Waals surface area contributed by atoms with Crippen LogP contribution < -0.4 is 5.73 Å². The van der Waals surface area contributed by atoms with E-state index in [9.17, 15) is 18.9 Å². The van der Waals surface area contributed by atoms with Gasteiger partial charge in [0, 0.05) is 0 Å². The maximum atomic E-state index is 13.1. The molecule has 6 nitrogen and oxygen atoms in total. The zero-order valence-corrected chi connectivity index (χ0v) is 8.28. The van der Waals surface area contributed by atoms with Gasteiger partial charge >= 0.3 is 0 Å². The number of hydrogen-bond donors (Lipinski definition) is 2. The van der Waals surface area contributed by atoms with E-state index in [4.69, 9.17) is 5.73 Å². The molecule has 8 heteroatoms. The number of benzene rings is 1. The van der Waals surface area contributed by atoms with Crippen LogP contribution in [0.5, 0.6) is 0 Å². The second-order valence-electron chi connectivity index (χ2n) is 3.22. The number of nitro groups is 1. The molecular formula is C9H6F2N4O2. The molecule has 1 heterocycles. The Morgan fingerprint density at radius 2 is 2.00 bits per heavy atom. The quantitative estimate of drug-likeness (QED) is 0.618. The third-order valence-corrected chi connectivity index (χ3v) is 2.12. The first-order valence-corrected chi connectivity index (χ1v) is 4.43. The van der Waals surface area contributed by atoms with Crippen LogP contribution in [0, 0.1) is 21.7 Å². The number of anilines is 1. The summed E-state index contributed by atoms with van der Waals surface area (Å²) in [5.74, 6) is -2.44. The largest absolute Gasteiger partial charge is 0.369 e. The molecule has 1 aromatic heterocycles. The number of halogens is 2. The lowest BCUT2D eigenvalue weighted by atomic mass is 10.1. The maximum absolute atomic E-state index is 13.1. The highest BCUT2D eigenvalue weighted by molar-refractivity contribution is 5.71. The standard InChI is InChI=1S/C9H6F2N4O2/c10-5-1-4(7-3-13-9(12)14-7)8(15(16)17)2-6(5)11/h1-3H,(H3,12,13,14). The number of nitrogens with one attached hydrogen (secondary N) is 1. The average molecular weight is 240 g/mol. The van der Waals surface area contributed by atoms with Gasteiger partial charge in [0.15, 0.2) is 17.6 Å². The Bertz CT molecular complexity index is 597. The van der Waals surface area contributed by atoms with Crippen LogP contribution >= 0.6 is 0 Å². The van der Waals surface area contributed by atoms with E-state index in [-0.39, 0.29) is 17.2 Å². The van der Waals surface area contributed by atoms with E-state index in [1.807, 2.05) is 0 Å². The summed E-state index contributed by atoms with van der Waals surface area (Å²) in [6.45, 7) is 0. The Hall–Kier alpha value is -2.51. The highest BCUT2D eigenvalue weighted by Gasteiger charge is 2.21. The molecule has 0 fully saturated rings. The Kier molecular flexibility index (Phi) is 2.47. The van der Waals surface area contributed by atoms with Crippen molar-refractivity contribution >= 4 is 11.6 Å². The van der Waals surface area contributed by atoms with Crippen LogP contribution in [0.3, 0.4) is 0 Å². The molecule has 2 aromatic rings. The molecule has 0 aliphatic heterocycles. The third-order valence-electron chi connectivity index (χ3n) is 2.12. The first-order valence-electron chi connectivity index (χ1n) is 4.43. The normalized spacial score (nSPS) is 10.5. The van der Waals surface area contributed by atoms with E-state index >= 15 is 0 Å². The van der Waals surface area contributed by atoms with Crippen molar-refractivity contribution in [2.24, 2.45) is 0 Å². The van der Waals surface area contributed by atoms with Crippen molar-refractivity contribution in [3.05, 3.63) is 40.1 Å². The number of nitrogens with zero attached hydrogens (tertiary/aromatic N) is 2. The van der Waals surface area contributed by atoms with Crippen LogP contribution in [0.1, 0.15) is 0 Å². The highest BCUT2D eigenvalue weighted by Crippen LogP contribution is 2.30. The number of imidazole rings is 1. The van der Waals surface area contributed by atoms with Gasteiger partial charge in [-0.3, -0.25) is 10.1 Å². The predicted octanol–water partition coefficient (Wildman–Crippen LogP) is 1.85. The number of H-pyrrole nitrogens is 1. The number of aromatic amines is 1. The zero-order valence-electron chi connectivity index (χ0n) is 8.28. The summed E-state index contributed by atoms with van der Waals surface area (Å²) in [6.07, 6.45) is 1.20. The molecule has 0 saturated heterocycles. The predicted molar refractivity (Wildman–Crippen MR) is 55.0 cm³/mol. The van der Waals surface area contributed by atoms with Gasteiger partial charge in [-0.15, -0.1) is 0 Å². The van der Waals surface area contributed by atoms with Gasteiger partial charge in [0.1, 0.15) is 0 Å². The highest BCUT2D eigenvalue weighted by atomic mass is 19.2. The fourth-order valence-electron chi connectivity index (χ4n) is 1.38. The Balaban J connectivity index is 2.67. The van der Waals surface area contributed by atoms with Crippen LogP contribution in [-0.2, 0) is 0 Å². The molecule has 0 aliphatic carbocycles. The molecule has 2 rings (SSSR count). The van der Waals surface area contributed by atoms with Gasteiger partial charge in [0.25, 0.3) is 5.69 Å². The summed E-state index contributed by atoms with van der Waals surface area (Å²) in [5.41, 5.74) is 4.78. The summed E-state index contributed by atoms with van der Waals surface area (Å²) in [4.78, 5) is 16.0. The second-order valence-corrected chi connectivity index (χ2v) is 3.22. The minimum atomic E-state index is -1.28. The van der Waals surface area contributed by atoms with Crippen LogP contribution in [0.25, 0.3) is 11.3 Å². The van der Waals surface area contributed by atoms with E-state index in [2.05, 4.69) is 9.97 Å². The molecule has 3 N–H and O–H groups in total. The molecule has 0 amide bonds. The Morgan fingerprint density at radius 1 is 1.35 bits per heavy atom. The lowest BCUT2D eigenvalue weighted by molar-refractivity contribution is -0.384. The summed E-state index contributed by atoms with van der Waals surface area (Å²) >= 11 is 0. The smallest absolute Gasteiger partial charge is 0.281 e. The summed E-state index contributed by atoms with van der Waals surface area (Å²) in [5, 5.41) is 10.7. The average Bonchev–Trinajstić information content (AvgIpc) is 2.68. The lowest BCUT2D eigenvalue weighted by Crippen LogP contribution is -1.96. The SMILES string of the molecule is Nc1ncc(-c2cc(F)c(F)cc2[N+](=O)[O-])[nH]1. The second kappa shape index (κ2) is 3.81. The van der Waals surface area contributed by atoms with Gasteiger partial charge < -0.3 is 10.7 Å². The molecule has 0 atom stereocenters. The first kappa shape index (κ1) is 11.0. The Morgan fingerprint density at radius 3 is 2.53 bits per heavy atom. The molecule has 0 spiro atoms. The van der Waals surface area contributed by atoms with Gasteiger partial charge in [0.2, 0.25) is 0 Å². The minimum Gasteiger partial charge on any atom is -0.369 e. The van der Waals surface area contributed by atoms with E-state index in [1.165, 1.54) is 6.20 Å². The topological polar surface area (TPSA) is 97.8 Å². The van der Waals surface area contributed by atoms with Gasteiger partial charge in [0.05, 0.1) is 28.4 Å². The molecule has 0 unspecified atom stereocenters. The van der Waals surface area contributed by atoms with Crippen LogP contribution in [0.2, 0.25) is 0 Å². The monoisotopic (exact) mass is 240 g/mol. The molecule has 0 radical (unpaired) electrons. The third kappa shape index (κ3) is 1.92. The first-order chi connectivity index (χ1) is 7.99. The van der Waals surface area contributed by atoms with Crippen molar-refractivity contribution in [1.82, 2.24) is 9.97 Å². The van der Waals surface area contributed by atoms with Gasteiger partial charge in [-0.05, 0) is 6.07 Å². The fourth-order valence-corrected chi connectivity index (χ4v) is 1.38. The molecule has 0 bridgehead atoms. The molecular weight excluding hydrogens is 234 g/mol. The summed E-state index contributed by atoms with van der Waals surface area (Å²) in [6, 6.07) is 1.24. The zero-order chi connectivity index (χ0) is 12.6. The molecule has 0 aliphatic rings. The molecule has 1 aromatic carbocycles. The minimum absolute atomic E-state index is 0.0269. The van der Waals surface area contributed by atoms with Gasteiger partial charge in [-0.2, -0.15) is 0 Å². The number of rotatable bonds is 2. The summed E-state index contributed by atoms with van der Waals surface area (Å²) < 4.78 is 26.0. The van der Waals surface area contributed by atoms with Crippen molar-refractivity contribution in [2.75, 3.05) is 5.73 Å². The van der Waals surface area contributed by atoms with Crippen molar-refractivity contribution in [3.63, 3.8) is 0 Å². The van der Waals surface area contributed by atoms with Gasteiger partial charge in [-0.25, -0.2) is 13.8 Å². The van der Waals surface area contributed by atoms with E-state index < -0.39 is 22.2 Å². The van der Waals surface area contributed by atoms with Crippen molar-refractivity contribution in [2.45, 2.75) is 0 Å². The van der Waals surface area contributed by atoms with Gasteiger partial charge in [-0.1, -0.05) is 0 Å². The maximum Gasteiger partial charge on any atom is 0.281 e. The molecule has 17 heavy (non-hydrogen) atoms.